The number of hydrogen-bond donors (Lipinski definition) is 1. The lowest BCUT2D eigenvalue weighted by Crippen LogP contribution is -2.25. The summed E-state index contributed by atoms with van der Waals surface area (Å²) >= 11 is 0. The van der Waals surface area contributed by atoms with E-state index in [2.05, 4.69) is 10.3 Å². The van der Waals surface area contributed by atoms with Gasteiger partial charge < -0.3 is 19.2 Å². The van der Waals surface area contributed by atoms with Crippen LogP contribution in [0.25, 0.3) is 21.8 Å². The van der Waals surface area contributed by atoms with E-state index in [4.69, 9.17) is 4.74 Å². The highest BCUT2D eigenvalue weighted by Gasteiger charge is 2.26. The molecule has 3 aromatic heterocycles. The SMILES string of the molecule is COc1c(C(=O)NCc2cccnc2)n(C)c2c1c(=O)n(C)c1ccc(C)cc21. The van der Waals surface area contributed by atoms with Gasteiger partial charge in [0.05, 0.1) is 18.1 Å². The number of benzene rings is 1. The molecule has 0 radical (unpaired) electrons. The van der Waals surface area contributed by atoms with Crippen molar-refractivity contribution in [2.45, 2.75) is 13.5 Å². The summed E-state index contributed by atoms with van der Waals surface area (Å²) < 4.78 is 8.90. The third-order valence-electron chi connectivity index (χ3n) is 5.23. The molecule has 0 spiro atoms. The molecule has 1 N–H and O–H groups in total. The van der Waals surface area contributed by atoms with Gasteiger partial charge in [-0.2, -0.15) is 0 Å². The highest BCUT2D eigenvalue weighted by atomic mass is 16.5. The standard InChI is InChI=1S/C22H22N4O3/c1-13-7-8-16-15(10-13)18-17(22(28)25(16)2)20(29-4)19(26(18)3)21(27)24-12-14-6-5-9-23-11-14/h5-11H,12H2,1-4H3,(H,24,27). The number of fused-ring (bicyclic) bond motifs is 3. The second-order valence-electron chi connectivity index (χ2n) is 7.09. The fourth-order valence-electron chi connectivity index (χ4n) is 3.80. The highest BCUT2D eigenvalue weighted by Crippen LogP contribution is 2.34. The van der Waals surface area contributed by atoms with Crippen molar-refractivity contribution in [3.8, 4) is 5.75 Å². The van der Waals surface area contributed by atoms with Gasteiger partial charge in [0.15, 0.2) is 11.4 Å². The number of nitrogens with one attached hydrogen (secondary N) is 1. The second kappa shape index (κ2) is 7.09. The lowest BCUT2D eigenvalue weighted by atomic mass is 10.1. The lowest BCUT2D eigenvalue weighted by molar-refractivity contribution is 0.0940. The Morgan fingerprint density at radius 1 is 1.21 bits per heavy atom. The Balaban J connectivity index is 1.93. The molecule has 7 heteroatoms. The summed E-state index contributed by atoms with van der Waals surface area (Å²) in [7, 11) is 4.99. The number of hydrogen-bond acceptors (Lipinski definition) is 4. The van der Waals surface area contributed by atoms with E-state index in [9.17, 15) is 9.59 Å². The largest absolute Gasteiger partial charge is 0.493 e. The molecule has 0 unspecified atom stereocenters. The third kappa shape index (κ3) is 2.95. The van der Waals surface area contributed by atoms with Crippen molar-refractivity contribution in [2.75, 3.05) is 7.11 Å². The summed E-state index contributed by atoms with van der Waals surface area (Å²) in [6.07, 6.45) is 3.38. The van der Waals surface area contributed by atoms with E-state index in [1.54, 1.807) is 35.6 Å². The number of rotatable bonds is 4. The minimum Gasteiger partial charge on any atom is -0.493 e. The zero-order chi connectivity index (χ0) is 20.7. The number of amides is 1. The number of nitrogens with zero attached hydrogens (tertiary/aromatic N) is 3. The summed E-state index contributed by atoms with van der Waals surface area (Å²) in [5.41, 5.74) is 3.57. The van der Waals surface area contributed by atoms with Crippen LogP contribution in [0.1, 0.15) is 21.6 Å². The molecule has 3 heterocycles. The first-order chi connectivity index (χ1) is 13.9. The molecule has 0 saturated heterocycles. The molecule has 0 aliphatic heterocycles. The van der Waals surface area contributed by atoms with Gasteiger partial charge in [-0.05, 0) is 30.7 Å². The Labute approximate surface area is 167 Å². The highest BCUT2D eigenvalue weighted by molar-refractivity contribution is 6.12. The topological polar surface area (TPSA) is 78.2 Å². The molecule has 1 aromatic carbocycles. The normalized spacial score (nSPS) is 11.2. The fraction of sp³-hybridized carbons (Fsp3) is 0.227. The van der Waals surface area contributed by atoms with E-state index in [0.29, 0.717) is 23.1 Å². The van der Waals surface area contributed by atoms with Gasteiger partial charge in [0.2, 0.25) is 0 Å². The third-order valence-corrected chi connectivity index (χ3v) is 5.23. The molecule has 0 aliphatic carbocycles. The summed E-state index contributed by atoms with van der Waals surface area (Å²) in [5.74, 6) is -0.0255. The van der Waals surface area contributed by atoms with Crippen LogP contribution in [0.5, 0.6) is 5.75 Å². The van der Waals surface area contributed by atoms with E-state index in [-0.39, 0.29) is 17.2 Å². The van der Waals surface area contributed by atoms with Crippen LogP contribution in [0.3, 0.4) is 0 Å². The van der Waals surface area contributed by atoms with Crippen molar-refractivity contribution < 1.29 is 9.53 Å². The average Bonchev–Trinajstić information content (AvgIpc) is 3.03. The summed E-state index contributed by atoms with van der Waals surface area (Å²) in [6.45, 7) is 2.33. The zero-order valence-electron chi connectivity index (χ0n) is 16.8. The van der Waals surface area contributed by atoms with E-state index >= 15 is 0 Å². The van der Waals surface area contributed by atoms with E-state index in [1.807, 2.05) is 37.3 Å². The Morgan fingerprint density at radius 2 is 2.00 bits per heavy atom. The smallest absolute Gasteiger partial charge is 0.272 e. The molecule has 0 fully saturated rings. The van der Waals surface area contributed by atoms with E-state index in [1.165, 1.54) is 7.11 Å². The van der Waals surface area contributed by atoms with Gasteiger partial charge >= 0.3 is 0 Å². The maximum absolute atomic E-state index is 13.1. The molecule has 4 rings (SSSR count). The van der Waals surface area contributed by atoms with Crippen molar-refractivity contribution in [2.24, 2.45) is 14.1 Å². The van der Waals surface area contributed by atoms with Crippen molar-refractivity contribution in [1.29, 1.82) is 0 Å². The number of aryl methyl sites for hydroxylation is 3. The summed E-state index contributed by atoms with van der Waals surface area (Å²) in [5, 5.41) is 4.20. The molecule has 1 amide bonds. The monoisotopic (exact) mass is 390 g/mol. The lowest BCUT2D eigenvalue weighted by Gasteiger charge is -2.09. The van der Waals surface area contributed by atoms with Gasteiger partial charge in [0.25, 0.3) is 11.5 Å². The van der Waals surface area contributed by atoms with Crippen LogP contribution in [0, 0.1) is 6.92 Å². The summed E-state index contributed by atoms with van der Waals surface area (Å²) in [4.78, 5) is 30.2. The number of ether oxygens (including phenoxy) is 1. The minimum absolute atomic E-state index is 0.199. The molecule has 29 heavy (non-hydrogen) atoms. The van der Waals surface area contributed by atoms with Gasteiger partial charge in [-0.3, -0.25) is 14.6 Å². The van der Waals surface area contributed by atoms with Crippen LogP contribution in [0.2, 0.25) is 0 Å². The molecule has 0 atom stereocenters. The summed E-state index contributed by atoms with van der Waals surface area (Å²) in [6, 6.07) is 9.62. The molecule has 148 valence electrons. The first-order valence-electron chi connectivity index (χ1n) is 9.27. The van der Waals surface area contributed by atoms with Crippen LogP contribution in [0.4, 0.5) is 0 Å². The van der Waals surface area contributed by atoms with Crippen molar-refractivity contribution in [3.63, 3.8) is 0 Å². The number of carbonyl (C=O) groups is 1. The van der Waals surface area contributed by atoms with Gasteiger partial charge in [-0.25, -0.2) is 0 Å². The van der Waals surface area contributed by atoms with E-state index in [0.717, 1.165) is 22.0 Å². The Bertz CT molecular complexity index is 1300. The quantitative estimate of drug-likeness (QED) is 0.581. The maximum Gasteiger partial charge on any atom is 0.272 e. The second-order valence-corrected chi connectivity index (χ2v) is 7.09. The molecular formula is C22H22N4O3. The van der Waals surface area contributed by atoms with Gasteiger partial charge in [-0.1, -0.05) is 17.7 Å². The molecule has 7 nitrogen and oxygen atoms in total. The minimum atomic E-state index is -0.313. The molecule has 0 bridgehead atoms. The molecule has 0 saturated carbocycles. The van der Waals surface area contributed by atoms with Crippen molar-refractivity contribution in [1.82, 2.24) is 19.4 Å². The van der Waals surface area contributed by atoms with Crippen LogP contribution < -0.4 is 15.6 Å². The van der Waals surface area contributed by atoms with Gasteiger partial charge in [0, 0.05) is 38.4 Å². The first kappa shape index (κ1) is 18.7. The molecule has 4 aromatic rings. The number of aromatic nitrogens is 3. The van der Waals surface area contributed by atoms with Gasteiger partial charge in [0.1, 0.15) is 5.39 Å². The number of methoxy groups -OCH3 is 1. The molecule has 0 aliphatic rings. The average molecular weight is 390 g/mol. The van der Waals surface area contributed by atoms with Crippen molar-refractivity contribution in [3.05, 3.63) is 69.9 Å². The Kier molecular flexibility index (Phi) is 4.58. The maximum atomic E-state index is 13.1. The zero-order valence-corrected chi connectivity index (χ0v) is 16.8. The predicted molar refractivity (Wildman–Crippen MR) is 112 cm³/mol. The van der Waals surface area contributed by atoms with Crippen LogP contribution in [-0.4, -0.2) is 27.1 Å². The van der Waals surface area contributed by atoms with Crippen LogP contribution in [0.15, 0.2) is 47.5 Å². The van der Waals surface area contributed by atoms with Crippen LogP contribution >= 0.6 is 0 Å². The van der Waals surface area contributed by atoms with Crippen LogP contribution in [-0.2, 0) is 20.6 Å². The first-order valence-corrected chi connectivity index (χ1v) is 9.27. The number of carbonyl (C=O) groups excluding carboxylic acids is 1. The predicted octanol–water partition coefficient (Wildman–Crippen LogP) is 2.67. The fourth-order valence-corrected chi connectivity index (χ4v) is 3.80. The Hall–Kier alpha value is -3.61. The molecular weight excluding hydrogens is 368 g/mol. The number of pyridine rings is 2. The van der Waals surface area contributed by atoms with Crippen molar-refractivity contribution >= 4 is 27.7 Å². The van der Waals surface area contributed by atoms with E-state index < -0.39 is 0 Å². The van der Waals surface area contributed by atoms with Gasteiger partial charge in [-0.15, -0.1) is 0 Å². The Morgan fingerprint density at radius 3 is 2.69 bits per heavy atom.